The minimum absolute atomic E-state index is 0.206. The summed E-state index contributed by atoms with van der Waals surface area (Å²) in [6, 6.07) is 14.2. The molecule has 0 aliphatic carbocycles. The molecule has 0 fully saturated rings. The Balaban J connectivity index is 2.10. The van der Waals surface area contributed by atoms with Crippen LogP contribution >= 0.6 is 19.2 Å². The van der Waals surface area contributed by atoms with E-state index < -0.39 is 25.5 Å². The Kier molecular flexibility index (Phi) is 6.02. The highest BCUT2D eigenvalue weighted by atomic mass is 35.5. The first-order valence-electron chi connectivity index (χ1n) is 7.00. The predicted molar refractivity (Wildman–Crippen MR) is 88.9 cm³/mol. The van der Waals surface area contributed by atoms with Gasteiger partial charge in [-0.3, -0.25) is 4.57 Å². The monoisotopic (exact) mass is 370 g/mol. The van der Waals surface area contributed by atoms with Crippen molar-refractivity contribution in [1.29, 1.82) is 0 Å². The normalized spacial score (nSPS) is 13.8. The van der Waals surface area contributed by atoms with E-state index in [-0.39, 0.29) is 5.56 Å². The van der Waals surface area contributed by atoms with E-state index in [1.54, 1.807) is 42.5 Å². The van der Waals surface area contributed by atoms with Gasteiger partial charge in [0.05, 0.1) is 0 Å². The van der Waals surface area contributed by atoms with Crippen LogP contribution in [0.1, 0.15) is 18.3 Å². The number of carbonyl (C=O) groups is 1. The van der Waals surface area contributed by atoms with Gasteiger partial charge >= 0.3 is 13.6 Å². The van der Waals surface area contributed by atoms with Crippen LogP contribution in [0.15, 0.2) is 54.6 Å². The summed E-state index contributed by atoms with van der Waals surface area (Å²) in [5.41, 5.74) is 0.206. The zero-order valence-electron chi connectivity index (χ0n) is 12.7. The molecule has 0 aromatic heterocycles. The highest BCUT2D eigenvalue weighted by molar-refractivity contribution is 7.52. The molecule has 2 unspecified atom stereocenters. The van der Waals surface area contributed by atoms with Crippen molar-refractivity contribution in [2.24, 2.45) is 0 Å². The van der Waals surface area contributed by atoms with Crippen LogP contribution in [0.25, 0.3) is 0 Å². The number of rotatable bonds is 6. The molecule has 0 saturated heterocycles. The molecule has 2 aromatic rings. The first-order chi connectivity index (χ1) is 11.3. The number of hydrogen-bond donors (Lipinski definition) is 2. The molecule has 2 N–H and O–H groups in total. The maximum absolute atomic E-state index is 12.1. The van der Waals surface area contributed by atoms with E-state index in [1.165, 1.54) is 19.1 Å². The summed E-state index contributed by atoms with van der Waals surface area (Å²) in [7, 11) is -4.70. The highest BCUT2D eigenvalue weighted by Crippen LogP contribution is 2.52. The second-order valence-electron chi connectivity index (χ2n) is 5.00. The third-order valence-corrected chi connectivity index (χ3v) is 4.34. The van der Waals surface area contributed by atoms with E-state index in [0.717, 1.165) is 0 Å². The van der Waals surface area contributed by atoms with Gasteiger partial charge < -0.3 is 19.3 Å². The maximum Gasteiger partial charge on any atom is 0.370 e. The van der Waals surface area contributed by atoms with Gasteiger partial charge in [-0.05, 0) is 31.2 Å². The van der Waals surface area contributed by atoms with E-state index in [0.29, 0.717) is 10.8 Å². The molecule has 0 heterocycles. The smallest absolute Gasteiger partial charge is 0.370 e. The predicted octanol–water partition coefficient (Wildman–Crippen LogP) is 3.53. The molecule has 0 aliphatic rings. The zero-order valence-corrected chi connectivity index (χ0v) is 14.4. The minimum Gasteiger partial charge on any atom is -0.479 e. The maximum atomic E-state index is 12.1. The Morgan fingerprint density at radius 2 is 1.67 bits per heavy atom. The van der Waals surface area contributed by atoms with Crippen LogP contribution in [0.2, 0.25) is 5.02 Å². The molecule has 0 radical (unpaired) electrons. The molecule has 0 aliphatic heterocycles. The van der Waals surface area contributed by atoms with Gasteiger partial charge in [0, 0.05) is 10.6 Å². The van der Waals surface area contributed by atoms with Crippen LogP contribution in [-0.4, -0.2) is 21.9 Å². The topological polar surface area (TPSA) is 93.1 Å². The van der Waals surface area contributed by atoms with Crippen molar-refractivity contribution in [3.8, 4) is 5.75 Å². The van der Waals surface area contributed by atoms with Crippen LogP contribution in [0, 0.1) is 0 Å². The fourth-order valence-electron chi connectivity index (χ4n) is 1.92. The average Bonchev–Trinajstić information content (AvgIpc) is 2.54. The number of hydrogen-bond acceptors (Lipinski definition) is 4. The largest absolute Gasteiger partial charge is 0.479 e. The summed E-state index contributed by atoms with van der Waals surface area (Å²) in [6.45, 7) is 1.43. The number of esters is 1. The van der Waals surface area contributed by atoms with Crippen molar-refractivity contribution in [3.63, 3.8) is 0 Å². The summed E-state index contributed by atoms with van der Waals surface area (Å²) >= 11 is 5.76. The molecule has 2 aromatic carbocycles. The third-order valence-electron chi connectivity index (χ3n) is 3.08. The van der Waals surface area contributed by atoms with Gasteiger partial charge in [0.25, 0.3) is 0 Å². The van der Waals surface area contributed by atoms with Gasteiger partial charge in [-0.1, -0.05) is 41.9 Å². The van der Waals surface area contributed by atoms with Crippen LogP contribution < -0.4 is 4.74 Å². The van der Waals surface area contributed by atoms with Gasteiger partial charge in [0.2, 0.25) is 5.85 Å². The van der Waals surface area contributed by atoms with Crippen molar-refractivity contribution in [2.45, 2.75) is 18.9 Å². The van der Waals surface area contributed by atoms with Crippen molar-refractivity contribution in [1.82, 2.24) is 0 Å². The van der Waals surface area contributed by atoms with Crippen LogP contribution in [0.3, 0.4) is 0 Å². The van der Waals surface area contributed by atoms with E-state index in [2.05, 4.69) is 0 Å². The summed E-state index contributed by atoms with van der Waals surface area (Å²) < 4.78 is 22.0. The molecule has 0 bridgehead atoms. The fourth-order valence-corrected chi connectivity index (χ4v) is 2.85. The lowest BCUT2D eigenvalue weighted by atomic mass is 10.2. The van der Waals surface area contributed by atoms with Crippen molar-refractivity contribution >= 4 is 25.2 Å². The van der Waals surface area contributed by atoms with Crippen LogP contribution in [0.5, 0.6) is 5.75 Å². The molecule has 6 nitrogen and oxygen atoms in total. The summed E-state index contributed by atoms with van der Waals surface area (Å²) in [4.78, 5) is 31.0. The lowest BCUT2D eigenvalue weighted by Gasteiger charge is -2.21. The first kappa shape index (κ1) is 18.5. The number of benzene rings is 2. The third kappa shape index (κ3) is 5.08. The Labute approximate surface area is 144 Å². The Morgan fingerprint density at radius 3 is 2.21 bits per heavy atom. The highest BCUT2D eigenvalue weighted by Gasteiger charge is 2.35. The van der Waals surface area contributed by atoms with Gasteiger partial charge in [0.1, 0.15) is 5.75 Å². The van der Waals surface area contributed by atoms with E-state index in [4.69, 9.17) is 21.1 Å². The summed E-state index contributed by atoms with van der Waals surface area (Å²) in [6.07, 6.45) is -1.05. The Bertz CT molecular complexity index is 728. The number of halogens is 1. The second kappa shape index (κ2) is 7.81. The molecule has 0 amide bonds. The van der Waals surface area contributed by atoms with Gasteiger partial charge in [-0.2, -0.15) is 0 Å². The molecule has 24 heavy (non-hydrogen) atoms. The first-order valence-corrected chi connectivity index (χ1v) is 9.06. The molecular formula is C16H16ClO6P. The number of ether oxygens (including phenoxy) is 2. The summed E-state index contributed by atoms with van der Waals surface area (Å²) in [5.74, 6) is -2.18. The molecular weight excluding hydrogens is 355 g/mol. The van der Waals surface area contributed by atoms with E-state index in [9.17, 15) is 19.1 Å². The van der Waals surface area contributed by atoms with Crippen LogP contribution in [-0.2, 0) is 14.1 Å². The Morgan fingerprint density at radius 1 is 1.08 bits per heavy atom. The van der Waals surface area contributed by atoms with Crippen LogP contribution in [0.4, 0.5) is 0 Å². The van der Waals surface area contributed by atoms with Crippen molar-refractivity contribution in [3.05, 3.63) is 65.2 Å². The Hall–Kier alpha value is -1.85. The minimum atomic E-state index is -4.70. The molecule has 0 spiro atoms. The number of carbonyl (C=O) groups excluding carboxylic acids is 1. The lowest BCUT2D eigenvalue weighted by molar-refractivity contribution is -0.154. The quantitative estimate of drug-likeness (QED) is 0.597. The molecule has 2 atom stereocenters. The van der Waals surface area contributed by atoms with Crippen molar-refractivity contribution in [2.75, 3.05) is 0 Å². The SMILES string of the molecule is CC(Oc1ccc(Cl)cc1)C(=O)OC(c1ccccc1)P(=O)(O)O. The van der Waals surface area contributed by atoms with Crippen molar-refractivity contribution < 1.29 is 28.6 Å². The lowest BCUT2D eigenvalue weighted by Crippen LogP contribution is -2.27. The standard InChI is InChI=1S/C16H16ClO6P/c1-11(22-14-9-7-13(17)8-10-14)15(18)23-16(24(19,20)21)12-5-3-2-4-6-12/h2-11,16H,1H3,(H2,19,20,21). The fraction of sp³-hybridized carbons (Fsp3) is 0.188. The molecule has 128 valence electrons. The molecule has 0 saturated carbocycles. The van der Waals surface area contributed by atoms with Gasteiger partial charge in [-0.25, -0.2) is 4.79 Å². The average molecular weight is 371 g/mol. The zero-order chi connectivity index (χ0) is 17.7. The van der Waals surface area contributed by atoms with E-state index in [1.807, 2.05) is 0 Å². The van der Waals surface area contributed by atoms with E-state index >= 15 is 0 Å². The summed E-state index contributed by atoms with van der Waals surface area (Å²) in [5, 5.41) is 0.517. The van der Waals surface area contributed by atoms with Gasteiger partial charge in [0.15, 0.2) is 6.10 Å². The molecule has 2 rings (SSSR count). The molecule has 8 heteroatoms. The second-order valence-corrected chi connectivity index (χ2v) is 7.09. The van der Waals surface area contributed by atoms with Gasteiger partial charge in [-0.15, -0.1) is 0 Å².